The van der Waals surface area contributed by atoms with E-state index in [9.17, 15) is 14.4 Å². The first-order valence-electron chi connectivity index (χ1n) is 10.5. The maximum Gasteiger partial charge on any atom is 0.408 e. The minimum absolute atomic E-state index is 0.0789. The largest absolute Gasteiger partial charge is 0.459 e. The lowest BCUT2D eigenvalue weighted by Crippen LogP contribution is -2.53. The Hall–Kier alpha value is -3.61. The molecule has 0 aliphatic heterocycles. The number of alkyl carbamates (subject to hydrolysis) is 1. The Morgan fingerprint density at radius 1 is 0.875 bits per heavy atom. The van der Waals surface area contributed by atoms with Crippen LogP contribution < -0.4 is 10.6 Å². The van der Waals surface area contributed by atoms with Gasteiger partial charge in [0, 0.05) is 0 Å². The fraction of sp³-hybridized carbons (Fsp3) is 0.320. The first-order chi connectivity index (χ1) is 15.4. The quantitative estimate of drug-likeness (QED) is 0.412. The third-order valence-electron chi connectivity index (χ3n) is 4.67. The van der Waals surface area contributed by atoms with E-state index in [1.807, 2.05) is 60.7 Å². The number of amides is 2. The zero-order valence-corrected chi connectivity index (χ0v) is 18.5. The highest BCUT2D eigenvalue weighted by atomic mass is 16.5. The lowest BCUT2D eigenvalue weighted by atomic mass is 10.0. The monoisotopic (exact) mass is 438 g/mol. The Morgan fingerprint density at radius 2 is 1.41 bits per heavy atom. The van der Waals surface area contributed by atoms with Gasteiger partial charge < -0.3 is 20.1 Å². The molecule has 0 spiro atoms. The van der Waals surface area contributed by atoms with E-state index in [0.29, 0.717) is 0 Å². The van der Waals surface area contributed by atoms with Crippen LogP contribution in [0, 0.1) is 5.92 Å². The molecule has 0 bridgehead atoms. The summed E-state index contributed by atoms with van der Waals surface area (Å²) in [6, 6.07) is 16.7. The molecule has 0 radical (unpaired) electrons. The number of carbonyl (C=O) groups is 3. The smallest absolute Gasteiger partial charge is 0.408 e. The van der Waals surface area contributed by atoms with Gasteiger partial charge in [0.25, 0.3) is 0 Å². The molecule has 1 unspecified atom stereocenters. The van der Waals surface area contributed by atoms with Crippen LogP contribution in [0.1, 0.15) is 31.4 Å². The van der Waals surface area contributed by atoms with Gasteiger partial charge in [-0.1, -0.05) is 80.6 Å². The average molecular weight is 439 g/mol. The molecule has 2 aromatic rings. The van der Waals surface area contributed by atoms with Crippen molar-refractivity contribution in [2.24, 2.45) is 5.92 Å². The lowest BCUT2D eigenvalue weighted by molar-refractivity contribution is -0.150. The van der Waals surface area contributed by atoms with E-state index in [1.54, 1.807) is 13.8 Å². The fourth-order valence-corrected chi connectivity index (χ4v) is 2.88. The Bertz CT molecular complexity index is 884. The van der Waals surface area contributed by atoms with Crippen molar-refractivity contribution in [2.75, 3.05) is 0 Å². The van der Waals surface area contributed by atoms with Crippen molar-refractivity contribution in [3.05, 3.63) is 84.4 Å². The number of ether oxygens (including phenoxy) is 2. The van der Waals surface area contributed by atoms with Gasteiger partial charge in [0.15, 0.2) is 0 Å². The zero-order valence-electron chi connectivity index (χ0n) is 18.5. The summed E-state index contributed by atoms with van der Waals surface area (Å²) in [5.74, 6) is -1.27. The molecule has 0 aromatic heterocycles. The van der Waals surface area contributed by atoms with E-state index >= 15 is 0 Å². The van der Waals surface area contributed by atoms with Crippen LogP contribution in [0.25, 0.3) is 0 Å². The zero-order chi connectivity index (χ0) is 23.3. The minimum Gasteiger partial charge on any atom is -0.459 e. The fourth-order valence-electron chi connectivity index (χ4n) is 2.88. The van der Waals surface area contributed by atoms with Crippen LogP contribution >= 0.6 is 0 Å². The van der Waals surface area contributed by atoms with E-state index < -0.39 is 30.1 Å². The number of benzene rings is 2. The molecule has 2 amide bonds. The third-order valence-corrected chi connectivity index (χ3v) is 4.67. The predicted octanol–water partition coefficient (Wildman–Crippen LogP) is 3.74. The van der Waals surface area contributed by atoms with Crippen molar-refractivity contribution < 1.29 is 23.9 Å². The summed E-state index contributed by atoms with van der Waals surface area (Å²) < 4.78 is 10.6. The van der Waals surface area contributed by atoms with Gasteiger partial charge in [-0.3, -0.25) is 4.79 Å². The Kier molecular flexibility index (Phi) is 9.97. The van der Waals surface area contributed by atoms with Crippen LogP contribution in [0.3, 0.4) is 0 Å². The third kappa shape index (κ3) is 8.26. The first-order valence-corrected chi connectivity index (χ1v) is 10.5. The van der Waals surface area contributed by atoms with Crippen molar-refractivity contribution in [1.82, 2.24) is 10.6 Å². The highest BCUT2D eigenvalue weighted by Crippen LogP contribution is 2.09. The molecule has 0 heterocycles. The molecule has 170 valence electrons. The Labute approximate surface area is 188 Å². The van der Waals surface area contributed by atoms with Gasteiger partial charge in [0.2, 0.25) is 5.91 Å². The molecule has 0 saturated carbocycles. The molecule has 2 rings (SSSR count). The molecule has 0 saturated heterocycles. The van der Waals surface area contributed by atoms with Crippen LogP contribution in [0.5, 0.6) is 0 Å². The molecule has 7 nitrogen and oxygen atoms in total. The van der Waals surface area contributed by atoms with Gasteiger partial charge in [-0.2, -0.15) is 0 Å². The molecule has 32 heavy (non-hydrogen) atoms. The van der Waals surface area contributed by atoms with Crippen molar-refractivity contribution in [1.29, 1.82) is 0 Å². The molecular weight excluding hydrogens is 408 g/mol. The van der Waals surface area contributed by atoms with Crippen LogP contribution in [0.15, 0.2) is 73.3 Å². The highest BCUT2D eigenvalue weighted by Gasteiger charge is 2.29. The Morgan fingerprint density at radius 3 is 1.91 bits per heavy atom. The van der Waals surface area contributed by atoms with Crippen LogP contribution in [0.4, 0.5) is 4.79 Å². The molecule has 2 N–H and O–H groups in total. The van der Waals surface area contributed by atoms with Gasteiger partial charge in [-0.05, 0) is 23.5 Å². The van der Waals surface area contributed by atoms with E-state index in [4.69, 9.17) is 9.47 Å². The van der Waals surface area contributed by atoms with Gasteiger partial charge in [0.1, 0.15) is 25.3 Å². The number of hydrogen-bond acceptors (Lipinski definition) is 5. The van der Waals surface area contributed by atoms with Crippen LogP contribution in [0.2, 0.25) is 0 Å². The second-order valence-electron chi connectivity index (χ2n) is 7.61. The highest BCUT2D eigenvalue weighted by molar-refractivity contribution is 5.89. The standard InChI is InChI=1S/C25H30N2O5/c1-4-11-21(26-25(30)32-17-20-14-9-6-10-15-20)23(28)27-22(18(2)3)24(29)31-16-19-12-7-5-8-13-19/h4-10,12-15,18,21-22H,1,11,16-17H2,2-3H3,(H,26,30)(H,27,28)/t21?,22-/m0/s1. The minimum atomic E-state index is -0.932. The lowest BCUT2D eigenvalue weighted by Gasteiger charge is -2.24. The van der Waals surface area contributed by atoms with Gasteiger partial charge >= 0.3 is 12.1 Å². The SMILES string of the molecule is C=CCC(NC(=O)OCc1ccccc1)C(=O)N[C@H](C(=O)OCc1ccccc1)C(C)C. The topological polar surface area (TPSA) is 93.7 Å². The molecule has 0 aliphatic rings. The maximum absolute atomic E-state index is 12.8. The van der Waals surface area contributed by atoms with E-state index in [0.717, 1.165) is 11.1 Å². The Balaban J connectivity index is 1.92. The predicted molar refractivity (Wildman–Crippen MR) is 121 cm³/mol. The first kappa shape index (κ1) is 24.7. The average Bonchev–Trinajstić information content (AvgIpc) is 2.80. The van der Waals surface area contributed by atoms with E-state index in [2.05, 4.69) is 17.2 Å². The van der Waals surface area contributed by atoms with E-state index in [-0.39, 0.29) is 25.6 Å². The summed E-state index contributed by atoms with van der Waals surface area (Å²) in [7, 11) is 0. The summed E-state index contributed by atoms with van der Waals surface area (Å²) >= 11 is 0. The van der Waals surface area contributed by atoms with Crippen molar-refractivity contribution >= 4 is 18.0 Å². The normalized spacial score (nSPS) is 12.3. The molecule has 0 aliphatic carbocycles. The summed E-state index contributed by atoms with van der Waals surface area (Å²) in [6.45, 7) is 7.43. The molecule has 0 fully saturated rings. The van der Waals surface area contributed by atoms with E-state index in [1.165, 1.54) is 6.08 Å². The van der Waals surface area contributed by atoms with Crippen molar-refractivity contribution in [2.45, 2.75) is 45.6 Å². The van der Waals surface area contributed by atoms with Crippen LogP contribution in [-0.4, -0.2) is 30.1 Å². The number of carbonyl (C=O) groups excluding carboxylic acids is 3. The summed E-state index contributed by atoms with van der Waals surface area (Å²) in [4.78, 5) is 37.6. The van der Waals surface area contributed by atoms with Crippen LogP contribution in [-0.2, 0) is 32.3 Å². The van der Waals surface area contributed by atoms with Crippen molar-refractivity contribution in [3.63, 3.8) is 0 Å². The molecular formula is C25H30N2O5. The molecule has 7 heteroatoms. The molecule has 2 atom stereocenters. The second kappa shape index (κ2) is 12.9. The summed E-state index contributed by atoms with van der Waals surface area (Å²) in [5.41, 5.74) is 1.68. The number of nitrogens with one attached hydrogen (secondary N) is 2. The number of esters is 1. The second-order valence-corrected chi connectivity index (χ2v) is 7.61. The maximum atomic E-state index is 12.8. The number of hydrogen-bond donors (Lipinski definition) is 2. The van der Waals surface area contributed by atoms with Gasteiger partial charge in [0.05, 0.1) is 0 Å². The number of rotatable bonds is 11. The molecule has 2 aromatic carbocycles. The summed E-state index contributed by atoms with van der Waals surface area (Å²) in [5, 5.41) is 5.22. The summed E-state index contributed by atoms with van der Waals surface area (Å²) in [6.07, 6.45) is 0.958. The van der Waals surface area contributed by atoms with Gasteiger partial charge in [-0.25, -0.2) is 9.59 Å². The van der Waals surface area contributed by atoms with Crippen molar-refractivity contribution in [3.8, 4) is 0 Å². The van der Waals surface area contributed by atoms with Gasteiger partial charge in [-0.15, -0.1) is 6.58 Å².